The molecule has 90 valence electrons. The zero-order valence-electron chi connectivity index (χ0n) is 10.6. The predicted octanol–water partition coefficient (Wildman–Crippen LogP) is 3.19. The summed E-state index contributed by atoms with van der Waals surface area (Å²) < 4.78 is 0. The Morgan fingerprint density at radius 3 is 2.27 bits per heavy atom. The first-order valence-electron chi connectivity index (χ1n) is 5.62. The van der Waals surface area contributed by atoms with Gasteiger partial charge in [-0.05, 0) is 24.7 Å². The van der Waals surface area contributed by atoms with E-state index in [1.807, 2.05) is 6.92 Å². The lowest BCUT2D eigenvalue weighted by atomic mass is 9.80. The molecule has 0 heterocycles. The molecule has 3 heteroatoms. The lowest BCUT2D eigenvalue weighted by Crippen LogP contribution is -2.35. The molecule has 2 unspecified atom stereocenters. The molecule has 0 aliphatic carbocycles. The number of hydrogen-bond donors (Lipinski definition) is 1. The maximum absolute atomic E-state index is 11.6. The van der Waals surface area contributed by atoms with Crippen LogP contribution in [-0.2, 0) is 4.79 Å². The van der Waals surface area contributed by atoms with Gasteiger partial charge in [0.25, 0.3) is 0 Å². The first-order valence-corrected chi connectivity index (χ1v) is 6.16. The highest BCUT2D eigenvalue weighted by molar-refractivity contribution is 6.17. The van der Waals surface area contributed by atoms with E-state index in [0.29, 0.717) is 18.2 Å². The summed E-state index contributed by atoms with van der Waals surface area (Å²) in [7, 11) is 0. The summed E-state index contributed by atoms with van der Waals surface area (Å²) >= 11 is 5.61. The van der Waals surface area contributed by atoms with Gasteiger partial charge in [0.1, 0.15) is 0 Å². The number of carbonyl (C=O) groups is 1. The molecule has 2 atom stereocenters. The Morgan fingerprint density at radius 2 is 1.87 bits per heavy atom. The Bertz CT molecular complexity index is 198. The van der Waals surface area contributed by atoms with Crippen LogP contribution in [0.15, 0.2) is 0 Å². The minimum absolute atomic E-state index is 0.134. The summed E-state index contributed by atoms with van der Waals surface area (Å²) in [5, 5.41) is 2.96. The van der Waals surface area contributed by atoms with Crippen LogP contribution in [0.2, 0.25) is 0 Å². The SMILES string of the molecule is CC(CCCl)NC(=O)CC(C)C(C)(C)C. The maximum atomic E-state index is 11.6. The second-order valence-electron chi connectivity index (χ2n) is 5.42. The van der Waals surface area contributed by atoms with Gasteiger partial charge in [-0.2, -0.15) is 0 Å². The first kappa shape index (κ1) is 14.8. The molecule has 0 aliphatic heterocycles. The number of nitrogens with one attached hydrogen (secondary N) is 1. The molecule has 0 saturated heterocycles. The highest BCUT2D eigenvalue weighted by atomic mass is 35.5. The standard InChI is InChI=1S/C12H24ClNO/c1-9(12(3,4)5)8-11(15)14-10(2)6-7-13/h9-10H,6-8H2,1-5H3,(H,14,15). The molecular formula is C12H24ClNO. The largest absolute Gasteiger partial charge is 0.354 e. The molecule has 1 amide bonds. The molecule has 0 spiro atoms. The van der Waals surface area contributed by atoms with E-state index in [2.05, 4.69) is 33.0 Å². The van der Waals surface area contributed by atoms with Gasteiger partial charge in [-0.15, -0.1) is 11.6 Å². The lowest BCUT2D eigenvalue weighted by molar-refractivity contribution is -0.123. The van der Waals surface area contributed by atoms with E-state index in [1.54, 1.807) is 0 Å². The normalized spacial score (nSPS) is 15.9. The van der Waals surface area contributed by atoms with E-state index >= 15 is 0 Å². The summed E-state index contributed by atoms with van der Waals surface area (Å²) in [5.74, 6) is 1.12. The zero-order chi connectivity index (χ0) is 12.1. The molecule has 0 aromatic heterocycles. The van der Waals surface area contributed by atoms with E-state index in [0.717, 1.165) is 6.42 Å². The highest BCUT2D eigenvalue weighted by Crippen LogP contribution is 2.27. The molecule has 2 nitrogen and oxygen atoms in total. The predicted molar refractivity (Wildman–Crippen MR) is 66.2 cm³/mol. The Balaban J connectivity index is 3.94. The third kappa shape index (κ3) is 6.77. The van der Waals surface area contributed by atoms with E-state index in [4.69, 9.17) is 11.6 Å². The average Bonchev–Trinajstić information content (AvgIpc) is 2.01. The number of halogens is 1. The minimum atomic E-state index is 0.134. The van der Waals surface area contributed by atoms with Crippen LogP contribution < -0.4 is 5.32 Å². The van der Waals surface area contributed by atoms with Crippen LogP contribution in [0, 0.1) is 11.3 Å². The molecule has 0 fully saturated rings. The molecule has 0 bridgehead atoms. The maximum Gasteiger partial charge on any atom is 0.220 e. The fourth-order valence-electron chi connectivity index (χ4n) is 1.15. The zero-order valence-corrected chi connectivity index (χ0v) is 11.3. The highest BCUT2D eigenvalue weighted by Gasteiger charge is 2.22. The summed E-state index contributed by atoms with van der Waals surface area (Å²) in [5.41, 5.74) is 0.188. The number of rotatable bonds is 5. The van der Waals surface area contributed by atoms with Crippen molar-refractivity contribution in [2.75, 3.05) is 5.88 Å². The first-order chi connectivity index (χ1) is 6.77. The Hall–Kier alpha value is -0.240. The van der Waals surface area contributed by atoms with Crippen LogP contribution in [-0.4, -0.2) is 17.8 Å². The average molecular weight is 234 g/mol. The molecule has 0 saturated carbocycles. The van der Waals surface area contributed by atoms with Crippen LogP contribution in [0.4, 0.5) is 0 Å². The number of hydrogen-bond acceptors (Lipinski definition) is 1. The summed E-state index contributed by atoms with van der Waals surface area (Å²) in [6.45, 7) is 10.6. The third-order valence-corrected chi connectivity index (χ3v) is 3.14. The number of amides is 1. The van der Waals surface area contributed by atoms with E-state index in [-0.39, 0.29) is 17.4 Å². The molecule has 0 aromatic carbocycles. The van der Waals surface area contributed by atoms with Gasteiger partial charge < -0.3 is 5.32 Å². The summed E-state index contributed by atoms with van der Waals surface area (Å²) in [6, 6.07) is 0.183. The second kappa shape index (κ2) is 6.37. The quantitative estimate of drug-likeness (QED) is 0.726. The molecule has 15 heavy (non-hydrogen) atoms. The molecule has 0 rings (SSSR count). The van der Waals surface area contributed by atoms with Crippen molar-refractivity contribution in [2.24, 2.45) is 11.3 Å². The van der Waals surface area contributed by atoms with Crippen LogP contribution >= 0.6 is 11.6 Å². The van der Waals surface area contributed by atoms with Crippen molar-refractivity contribution in [1.82, 2.24) is 5.32 Å². The molecule has 0 aromatic rings. The third-order valence-electron chi connectivity index (χ3n) is 2.92. The summed E-state index contributed by atoms with van der Waals surface area (Å²) in [6.07, 6.45) is 1.42. The van der Waals surface area contributed by atoms with E-state index < -0.39 is 0 Å². The van der Waals surface area contributed by atoms with E-state index in [1.165, 1.54) is 0 Å². The van der Waals surface area contributed by atoms with Crippen molar-refractivity contribution in [2.45, 2.75) is 53.5 Å². The van der Waals surface area contributed by atoms with Crippen LogP contribution in [0.1, 0.15) is 47.5 Å². The number of carbonyl (C=O) groups excluding carboxylic acids is 1. The summed E-state index contributed by atoms with van der Waals surface area (Å²) in [4.78, 5) is 11.6. The van der Waals surface area contributed by atoms with Gasteiger partial charge in [-0.3, -0.25) is 4.79 Å². The van der Waals surface area contributed by atoms with Gasteiger partial charge in [0, 0.05) is 18.3 Å². The van der Waals surface area contributed by atoms with Crippen molar-refractivity contribution in [3.8, 4) is 0 Å². The second-order valence-corrected chi connectivity index (χ2v) is 5.80. The van der Waals surface area contributed by atoms with Crippen molar-refractivity contribution in [3.63, 3.8) is 0 Å². The van der Waals surface area contributed by atoms with Crippen LogP contribution in [0.3, 0.4) is 0 Å². The van der Waals surface area contributed by atoms with Crippen molar-refractivity contribution in [3.05, 3.63) is 0 Å². The van der Waals surface area contributed by atoms with Crippen LogP contribution in [0.25, 0.3) is 0 Å². The van der Waals surface area contributed by atoms with Crippen LogP contribution in [0.5, 0.6) is 0 Å². The van der Waals surface area contributed by atoms with Gasteiger partial charge in [0.2, 0.25) is 5.91 Å². The van der Waals surface area contributed by atoms with Gasteiger partial charge in [-0.1, -0.05) is 27.7 Å². The monoisotopic (exact) mass is 233 g/mol. The fraction of sp³-hybridized carbons (Fsp3) is 0.917. The van der Waals surface area contributed by atoms with Crippen molar-refractivity contribution in [1.29, 1.82) is 0 Å². The topological polar surface area (TPSA) is 29.1 Å². The van der Waals surface area contributed by atoms with Gasteiger partial charge >= 0.3 is 0 Å². The van der Waals surface area contributed by atoms with Crippen molar-refractivity contribution < 1.29 is 4.79 Å². The smallest absolute Gasteiger partial charge is 0.220 e. The molecule has 1 N–H and O–H groups in total. The lowest BCUT2D eigenvalue weighted by Gasteiger charge is -2.27. The molecular weight excluding hydrogens is 210 g/mol. The number of alkyl halides is 1. The Morgan fingerprint density at radius 1 is 1.33 bits per heavy atom. The molecule has 0 radical (unpaired) electrons. The molecule has 0 aliphatic rings. The Labute approximate surface area is 98.8 Å². The fourth-order valence-corrected chi connectivity index (χ4v) is 1.48. The van der Waals surface area contributed by atoms with Gasteiger partial charge in [0.05, 0.1) is 0 Å². The minimum Gasteiger partial charge on any atom is -0.354 e. The van der Waals surface area contributed by atoms with E-state index in [9.17, 15) is 4.79 Å². The van der Waals surface area contributed by atoms with Gasteiger partial charge in [-0.25, -0.2) is 0 Å². The Kier molecular flexibility index (Phi) is 6.26. The van der Waals surface area contributed by atoms with Gasteiger partial charge in [0.15, 0.2) is 0 Å². The van der Waals surface area contributed by atoms with Crippen molar-refractivity contribution >= 4 is 17.5 Å².